The number of amides is 1. The van der Waals surface area contributed by atoms with Crippen LogP contribution < -0.4 is 29.6 Å². The van der Waals surface area contributed by atoms with Crippen molar-refractivity contribution in [1.29, 1.82) is 0 Å². The highest BCUT2D eigenvalue weighted by atomic mass is 35.5. The second kappa shape index (κ2) is 12.0. The molecule has 0 unspecified atom stereocenters. The molecule has 3 aromatic carbocycles. The first kappa shape index (κ1) is 28.1. The van der Waals surface area contributed by atoms with Crippen LogP contribution in [0.15, 0.2) is 72.2 Å². The van der Waals surface area contributed by atoms with Crippen molar-refractivity contribution >= 4 is 40.7 Å². The van der Waals surface area contributed by atoms with Gasteiger partial charge in [-0.3, -0.25) is 4.79 Å². The Morgan fingerprint density at radius 3 is 2.49 bits per heavy atom. The van der Waals surface area contributed by atoms with E-state index in [2.05, 4.69) is 20.7 Å². The minimum Gasteiger partial charge on any atom is -0.497 e. The topological polar surface area (TPSA) is 109 Å². The fourth-order valence-electron chi connectivity index (χ4n) is 4.55. The number of benzene rings is 3. The number of rotatable bonds is 9. The number of fused-ring (bicyclic) bond motifs is 1. The number of hydrogen-bond donors (Lipinski definition) is 2. The second-order valence-electron chi connectivity index (χ2n) is 9.06. The van der Waals surface area contributed by atoms with Crippen molar-refractivity contribution in [3.05, 3.63) is 93.4 Å². The standard InChI is InChI=1S/C29H27Cl2N5O5/c1-16-26(28(37)35-22-9-7-19(38-2)13-24(22)39-3)27(36-29(34-16)32-15-33-36)18-6-10-23(25(12-18)40-4)41-14-17-5-8-20(30)21(31)11-17/h5-13,15,27H,14H2,1-4H3,(H,35,37)(H,32,33,34)/t27-/m1/s1. The molecule has 212 valence electrons. The first-order valence-electron chi connectivity index (χ1n) is 12.5. The van der Waals surface area contributed by atoms with Crippen LogP contribution in [0, 0.1) is 0 Å². The van der Waals surface area contributed by atoms with E-state index in [4.69, 9.17) is 42.1 Å². The monoisotopic (exact) mass is 595 g/mol. The number of methoxy groups -OCH3 is 3. The van der Waals surface area contributed by atoms with E-state index in [1.165, 1.54) is 13.4 Å². The van der Waals surface area contributed by atoms with Crippen molar-refractivity contribution in [3.63, 3.8) is 0 Å². The number of nitrogens with zero attached hydrogens (tertiary/aromatic N) is 3. The second-order valence-corrected chi connectivity index (χ2v) is 9.88. The minimum atomic E-state index is -0.615. The highest BCUT2D eigenvalue weighted by molar-refractivity contribution is 6.42. The zero-order chi connectivity index (χ0) is 29.1. The van der Waals surface area contributed by atoms with Crippen molar-refractivity contribution in [2.24, 2.45) is 0 Å². The van der Waals surface area contributed by atoms with Crippen LogP contribution in [0.25, 0.3) is 0 Å². The predicted molar refractivity (Wildman–Crippen MR) is 156 cm³/mol. The molecule has 1 atom stereocenters. The van der Waals surface area contributed by atoms with Crippen LogP contribution >= 0.6 is 23.2 Å². The third kappa shape index (κ3) is 5.75. The highest BCUT2D eigenvalue weighted by Crippen LogP contribution is 2.40. The van der Waals surface area contributed by atoms with Crippen LogP contribution in [0.3, 0.4) is 0 Å². The Kier molecular flexibility index (Phi) is 8.23. The van der Waals surface area contributed by atoms with Gasteiger partial charge in [0.1, 0.15) is 30.5 Å². The lowest BCUT2D eigenvalue weighted by molar-refractivity contribution is -0.113. The Bertz CT molecular complexity index is 1640. The Morgan fingerprint density at radius 1 is 0.951 bits per heavy atom. The van der Waals surface area contributed by atoms with Gasteiger partial charge in [0.25, 0.3) is 5.91 Å². The van der Waals surface area contributed by atoms with Crippen molar-refractivity contribution in [2.75, 3.05) is 32.0 Å². The molecule has 2 N–H and O–H groups in total. The molecule has 5 rings (SSSR count). The molecule has 1 aliphatic heterocycles. The number of halogens is 2. The molecule has 12 heteroatoms. The maximum Gasteiger partial charge on any atom is 0.255 e. The van der Waals surface area contributed by atoms with Gasteiger partial charge in [0.05, 0.1) is 42.6 Å². The van der Waals surface area contributed by atoms with Crippen LogP contribution in [-0.4, -0.2) is 42.0 Å². The van der Waals surface area contributed by atoms with Crippen molar-refractivity contribution < 1.29 is 23.7 Å². The third-order valence-electron chi connectivity index (χ3n) is 6.58. The summed E-state index contributed by atoms with van der Waals surface area (Å²) in [6.45, 7) is 2.07. The molecule has 0 saturated carbocycles. The van der Waals surface area contributed by atoms with Gasteiger partial charge in [-0.2, -0.15) is 10.1 Å². The number of hydrogen-bond acceptors (Lipinski definition) is 8. The molecular weight excluding hydrogens is 569 g/mol. The maximum atomic E-state index is 13.8. The van der Waals surface area contributed by atoms with Gasteiger partial charge >= 0.3 is 0 Å². The lowest BCUT2D eigenvalue weighted by atomic mass is 9.94. The lowest BCUT2D eigenvalue weighted by Gasteiger charge is -2.29. The van der Waals surface area contributed by atoms with E-state index in [1.807, 2.05) is 25.1 Å². The zero-order valence-electron chi connectivity index (χ0n) is 22.7. The highest BCUT2D eigenvalue weighted by Gasteiger charge is 2.34. The molecule has 0 spiro atoms. The normalized spacial score (nSPS) is 14.1. The Morgan fingerprint density at radius 2 is 1.76 bits per heavy atom. The Balaban J connectivity index is 1.47. The predicted octanol–water partition coefficient (Wildman–Crippen LogP) is 6.12. The first-order chi connectivity index (χ1) is 19.8. The summed E-state index contributed by atoms with van der Waals surface area (Å²) in [7, 11) is 4.64. The van der Waals surface area contributed by atoms with E-state index in [0.29, 0.717) is 55.9 Å². The molecule has 0 aliphatic carbocycles. The van der Waals surface area contributed by atoms with Gasteiger partial charge in [-0.25, -0.2) is 4.68 Å². The van der Waals surface area contributed by atoms with E-state index in [0.717, 1.165) is 11.1 Å². The van der Waals surface area contributed by atoms with Gasteiger partial charge < -0.3 is 29.6 Å². The molecule has 0 fully saturated rings. The molecule has 41 heavy (non-hydrogen) atoms. The zero-order valence-corrected chi connectivity index (χ0v) is 24.2. The number of nitrogens with one attached hydrogen (secondary N) is 2. The quantitative estimate of drug-likeness (QED) is 0.238. The van der Waals surface area contributed by atoms with Gasteiger partial charge in [0.2, 0.25) is 5.95 Å². The molecule has 10 nitrogen and oxygen atoms in total. The SMILES string of the molecule is COc1ccc(NC(=O)C2=C(C)Nc3ncnn3[C@@H]2c2ccc(OCc3ccc(Cl)c(Cl)c3)c(OC)c2)c(OC)c1. The summed E-state index contributed by atoms with van der Waals surface area (Å²) in [5, 5.41) is 11.5. The van der Waals surface area contributed by atoms with Crippen LogP contribution in [0.1, 0.15) is 24.1 Å². The number of carbonyl (C=O) groups is 1. The average molecular weight is 596 g/mol. The third-order valence-corrected chi connectivity index (χ3v) is 7.32. The number of aromatic nitrogens is 3. The molecule has 0 bridgehead atoms. The molecule has 0 saturated heterocycles. The number of allylic oxidation sites excluding steroid dienone is 1. The summed E-state index contributed by atoms with van der Waals surface area (Å²) in [6, 6.07) is 15.3. The largest absolute Gasteiger partial charge is 0.497 e. The number of anilines is 2. The molecule has 1 aromatic heterocycles. The molecule has 0 radical (unpaired) electrons. The smallest absolute Gasteiger partial charge is 0.255 e. The maximum absolute atomic E-state index is 13.8. The van der Waals surface area contributed by atoms with Gasteiger partial charge in [-0.05, 0) is 54.4 Å². The minimum absolute atomic E-state index is 0.254. The van der Waals surface area contributed by atoms with Crippen LogP contribution in [-0.2, 0) is 11.4 Å². The Labute approximate surface area is 246 Å². The van der Waals surface area contributed by atoms with E-state index in [-0.39, 0.29) is 12.5 Å². The van der Waals surface area contributed by atoms with Crippen LogP contribution in [0.5, 0.6) is 23.0 Å². The van der Waals surface area contributed by atoms with Crippen molar-refractivity contribution in [1.82, 2.24) is 14.8 Å². The molecule has 4 aromatic rings. The summed E-state index contributed by atoms with van der Waals surface area (Å²) in [5.41, 5.74) is 3.14. The van der Waals surface area contributed by atoms with Gasteiger partial charge in [0, 0.05) is 11.8 Å². The molecule has 2 heterocycles. The van der Waals surface area contributed by atoms with Gasteiger partial charge in [-0.1, -0.05) is 35.3 Å². The summed E-state index contributed by atoms with van der Waals surface area (Å²) in [6.07, 6.45) is 1.43. The Hall–Kier alpha value is -4.41. The number of carbonyl (C=O) groups excluding carboxylic acids is 1. The summed E-state index contributed by atoms with van der Waals surface area (Å²) < 4.78 is 24.1. The van der Waals surface area contributed by atoms with E-state index >= 15 is 0 Å². The van der Waals surface area contributed by atoms with Crippen LogP contribution in [0.4, 0.5) is 11.6 Å². The summed E-state index contributed by atoms with van der Waals surface area (Å²) >= 11 is 12.2. The average Bonchev–Trinajstić information content (AvgIpc) is 3.45. The van der Waals surface area contributed by atoms with E-state index in [1.54, 1.807) is 55.3 Å². The van der Waals surface area contributed by atoms with E-state index < -0.39 is 6.04 Å². The first-order valence-corrected chi connectivity index (χ1v) is 13.2. The molecule has 1 amide bonds. The summed E-state index contributed by atoms with van der Waals surface area (Å²) in [4.78, 5) is 18.1. The van der Waals surface area contributed by atoms with E-state index in [9.17, 15) is 4.79 Å². The fraction of sp³-hybridized carbons (Fsp3) is 0.207. The van der Waals surface area contributed by atoms with Crippen molar-refractivity contribution in [2.45, 2.75) is 19.6 Å². The lowest BCUT2D eigenvalue weighted by Crippen LogP contribution is -2.31. The fourth-order valence-corrected chi connectivity index (χ4v) is 4.87. The number of ether oxygens (including phenoxy) is 4. The van der Waals surface area contributed by atoms with Gasteiger partial charge in [-0.15, -0.1) is 0 Å². The molecular formula is C29H27Cl2N5O5. The molecule has 1 aliphatic rings. The van der Waals surface area contributed by atoms with Crippen LogP contribution in [0.2, 0.25) is 10.0 Å². The van der Waals surface area contributed by atoms with Crippen molar-refractivity contribution in [3.8, 4) is 23.0 Å². The van der Waals surface area contributed by atoms with Gasteiger partial charge in [0.15, 0.2) is 11.5 Å². The summed E-state index contributed by atoms with van der Waals surface area (Å²) in [5.74, 6) is 2.23.